The Morgan fingerprint density at radius 3 is 2.75 bits per heavy atom. The summed E-state index contributed by atoms with van der Waals surface area (Å²) in [5, 5.41) is 15.1. The van der Waals surface area contributed by atoms with E-state index >= 15 is 0 Å². The van der Waals surface area contributed by atoms with Crippen LogP contribution in [0.25, 0.3) is 11.4 Å². The van der Waals surface area contributed by atoms with Gasteiger partial charge in [-0.05, 0) is 37.6 Å². The average Bonchev–Trinajstić information content (AvgIpc) is 3.29. The molecule has 5 nitrogen and oxygen atoms in total. The Morgan fingerprint density at radius 2 is 2.04 bits per heavy atom. The minimum Gasteiger partial charge on any atom is -0.325 e. The first-order valence-electron chi connectivity index (χ1n) is 8.90. The molecule has 3 aromatic rings. The van der Waals surface area contributed by atoms with E-state index < -0.39 is 0 Å². The van der Waals surface area contributed by atoms with Gasteiger partial charge in [-0.1, -0.05) is 48.3 Å². The van der Waals surface area contributed by atoms with E-state index in [1.807, 2.05) is 11.5 Å². The molecule has 2 heterocycles. The first-order valence-corrected chi connectivity index (χ1v) is 11.5. The Labute approximate surface area is 182 Å². The molecule has 0 fully saturated rings. The molecule has 0 spiro atoms. The van der Waals surface area contributed by atoms with E-state index in [1.165, 1.54) is 16.6 Å². The van der Waals surface area contributed by atoms with Gasteiger partial charge in [0.1, 0.15) is 0 Å². The van der Waals surface area contributed by atoms with E-state index in [9.17, 15) is 4.79 Å². The van der Waals surface area contributed by atoms with Crippen LogP contribution in [0.2, 0.25) is 10.0 Å². The van der Waals surface area contributed by atoms with Crippen molar-refractivity contribution in [2.75, 3.05) is 11.1 Å². The third-order valence-corrected chi connectivity index (χ3v) is 6.68. The van der Waals surface area contributed by atoms with Crippen LogP contribution < -0.4 is 5.32 Å². The molecule has 0 unspecified atom stereocenters. The normalized spacial score (nSPS) is 11.0. The Balaban J connectivity index is 1.66. The maximum atomic E-state index is 12.3. The summed E-state index contributed by atoms with van der Waals surface area (Å²) in [6.07, 6.45) is 2.19. The zero-order valence-corrected chi connectivity index (χ0v) is 18.7. The lowest BCUT2D eigenvalue weighted by Gasteiger charge is -2.08. The van der Waals surface area contributed by atoms with Gasteiger partial charge in [-0.2, -0.15) is 0 Å². The van der Waals surface area contributed by atoms with Crippen LogP contribution in [0.3, 0.4) is 0 Å². The number of thioether (sulfide) groups is 1. The second kappa shape index (κ2) is 9.78. The summed E-state index contributed by atoms with van der Waals surface area (Å²) in [5.74, 6) is 0.924. The molecular formula is C19H20Cl2N4OS2. The molecule has 0 aliphatic rings. The number of aryl methyl sites for hydroxylation is 1. The molecule has 0 aliphatic carbocycles. The summed E-state index contributed by atoms with van der Waals surface area (Å²) in [6.45, 7) is 4.95. The molecule has 0 saturated carbocycles. The van der Waals surface area contributed by atoms with Crippen LogP contribution >= 0.6 is 46.3 Å². The highest BCUT2D eigenvalue weighted by atomic mass is 35.5. The Hall–Kier alpha value is -1.54. The number of anilines is 1. The lowest BCUT2D eigenvalue weighted by Crippen LogP contribution is -2.14. The fraction of sp³-hybridized carbons (Fsp3) is 0.316. The van der Waals surface area contributed by atoms with E-state index in [0.717, 1.165) is 35.9 Å². The summed E-state index contributed by atoms with van der Waals surface area (Å²) in [5.41, 5.74) is 1.69. The zero-order chi connectivity index (χ0) is 20.1. The molecule has 0 bridgehead atoms. The molecule has 148 valence electrons. The van der Waals surface area contributed by atoms with E-state index in [0.29, 0.717) is 15.7 Å². The largest absolute Gasteiger partial charge is 0.325 e. The molecule has 28 heavy (non-hydrogen) atoms. The predicted octanol–water partition coefficient (Wildman–Crippen LogP) is 6.02. The molecule has 1 aromatic carbocycles. The Kier molecular flexibility index (Phi) is 7.40. The van der Waals surface area contributed by atoms with Crippen LogP contribution in [-0.4, -0.2) is 26.4 Å². The third-order valence-electron chi connectivity index (χ3n) is 3.98. The number of carbonyl (C=O) groups excluding carboxylic acids is 1. The topological polar surface area (TPSA) is 59.8 Å². The number of nitrogens with one attached hydrogen (secondary N) is 1. The predicted molar refractivity (Wildman–Crippen MR) is 119 cm³/mol. The number of rotatable bonds is 8. The standard InChI is InChI=1S/C19H20Cl2N4OS2/c1-3-5-14-8-12(10-27-14)18-23-24-19(25(18)4-2)28-11-17(26)22-13-6-7-15(20)16(21)9-13/h6-10H,3-5,11H2,1-2H3,(H,22,26). The highest BCUT2D eigenvalue weighted by molar-refractivity contribution is 7.99. The summed E-state index contributed by atoms with van der Waals surface area (Å²) < 4.78 is 2.04. The summed E-state index contributed by atoms with van der Waals surface area (Å²) >= 11 is 15.0. The first kappa shape index (κ1) is 21.2. The fourth-order valence-electron chi connectivity index (χ4n) is 2.67. The number of hydrogen-bond acceptors (Lipinski definition) is 5. The monoisotopic (exact) mass is 454 g/mol. The van der Waals surface area contributed by atoms with Crippen LogP contribution in [0.5, 0.6) is 0 Å². The number of hydrogen-bond donors (Lipinski definition) is 1. The van der Waals surface area contributed by atoms with Gasteiger partial charge in [0.15, 0.2) is 11.0 Å². The number of thiophene rings is 1. The number of aromatic nitrogens is 3. The van der Waals surface area contributed by atoms with Crippen molar-refractivity contribution < 1.29 is 4.79 Å². The third kappa shape index (κ3) is 5.08. The minimum atomic E-state index is -0.142. The van der Waals surface area contributed by atoms with Crippen molar-refractivity contribution in [2.24, 2.45) is 0 Å². The molecule has 0 saturated heterocycles. The van der Waals surface area contributed by atoms with Gasteiger partial charge < -0.3 is 9.88 Å². The summed E-state index contributed by atoms with van der Waals surface area (Å²) in [4.78, 5) is 13.6. The smallest absolute Gasteiger partial charge is 0.234 e. The number of halogens is 2. The van der Waals surface area contributed by atoms with E-state index in [4.69, 9.17) is 23.2 Å². The summed E-state index contributed by atoms with van der Waals surface area (Å²) in [7, 11) is 0. The van der Waals surface area contributed by atoms with Crippen LogP contribution in [0.4, 0.5) is 5.69 Å². The first-order chi connectivity index (χ1) is 13.5. The molecule has 1 amide bonds. The van der Waals surface area contributed by atoms with Gasteiger partial charge >= 0.3 is 0 Å². The van der Waals surface area contributed by atoms with Crippen LogP contribution in [0.15, 0.2) is 34.8 Å². The quantitative estimate of drug-likeness (QED) is 0.422. The van der Waals surface area contributed by atoms with Crippen LogP contribution in [-0.2, 0) is 17.8 Å². The van der Waals surface area contributed by atoms with Crippen LogP contribution in [0.1, 0.15) is 25.1 Å². The molecule has 2 aromatic heterocycles. The van der Waals surface area contributed by atoms with Gasteiger partial charge in [0.05, 0.1) is 15.8 Å². The van der Waals surface area contributed by atoms with Gasteiger partial charge in [0.2, 0.25) is 5.91 Å². The number of nitrogens with zero attached hydrogens (tertiary/aromatic N) is 3. The van der Waals surface area contributed by atoms with Gasteiger partial charge in [0.25, 0.3) is 0 Å². The van der Waals surface area contributed by atoms with Gasteiger partial charge in [-0.15, -0.1) is 21.5 Å². The second-order valence-corrected chi connectivity index (χ2v) is 8.82. The van der Waals surface area contributed by atoms with Crippen molar-refractivity contribution in [2.45, 2.75) is 38.4 Å². The molecule has 0 aliphatic heterocycles. The molecule has 0 radical (unpaired) electrons. The van der Waals surface area contributed by atoms with E-state index in [2.05, 4.69) is 33.9 Å². The van der Waals surface area contributed by atoms with Crippen molar-refractivity contribution >= 4 is 57.9 Å². The second-order valence-electron chi connectivity index (χ2n) is 6.07. The number of benzene rings is 1. The minimum absolute atomic E-state index is 0.142. The van der Waals surface area contributed by atoms with Crippen molar-refractivity contribution in [1.29, 1.82) is 0 Å². The molecule has 9 heteroatoms. The van der Waals surface area contributed by atoms with Gasteiger partial charge in [-0.25, -0.2) is 0 Å². The molecule has 0 atom stereocenters. The zero-order valence-electron chi connectivity index (χ0n) is 15.5. The highest BCUT2D eigenvalue weighted by Gasteiger charge is 2.16. The Bertz CT molecular complexity index is 971. The number of carbonyl (C=O) groups is 1. The lowest BCUT2D eigenvalue weighted by atomic mass is 10.2. The number of amides is 1. The fourth-order valence-corrected chi connectivity index (χ4v) is 4.74. The van der Waals surface area contributed by atoms with Gasteiger partial charge in [-0.3, -0.25) is 4.79 Å². The van der Waals surface area contributed by atoms with E-state index in [1.54, 1.807) is 29.5 Å². The highest BCUT2D eigenvalue weighted by Crippen LogP contribution is 2.29. The van der Waals surface area contributed by atoms with E-state index in [-0.39, 0.29) is 11.7 Å². The maximum absolute atomic E-state index is 12.3. The molecule has 1 N–H and O–H groups in total. The SMILES string of the molecule is CCCc1cc(-c2nnc(SCC(=O)Nc3ccc(Cl)c(Cl)c3)n2CC)cs1. The van der Waals surface area contributed by atoms with Crippen molar-refractivity contribution in [3.63, 3.8) is 0 Å². The summed E-state index contributed by atoms with van der Waals surface area (Å²) in [6, 6.07) is 7.17. The molecule has 3 rings (SSSR count). The van der Waals surface area contributed by atoms with Crippen molar-refractivity contribution in [1.82, 2.24) is 14.8 Å². The van der Waals surface area contributed by atoms with Gasteiger partial charge in [0, 0.05) is 28.1 Å². The average molecular weight is 455 g/mol. The lowest BCUT2D eigenvalue weighted by molar-refractivity contribution is -0.113. The van der Waals surface area contributed by atoms with Crippen LogP contribution in [0, 0.1) is 0 Å². The van der Waals surface area contributed by atoms with Crippen molar-refractivity contribution in [3.05, 3.63) is 44.6 Å². The van der Waals surface area contributed by atoms with Crippen molar-refractivity contribution in [3.8, 4) is 11.4 Å². The maximum Gasteiger partial charge on any atom is 0.234 e. The molecular weight excluding hydrogens is 435 g/mol. The Morgan fingerprint density at radius 1 is 1.21 bits per heavy atom.